The molecule has 0 unspecified atom stereocenters. The maximum Gasteiger partial charge on any atom is 0.0643 e. The molecule has 1 aromatic rings. The van der Waals surface area contributed by atoms with E-state index in [-0.39, 0.29) is 0 Å². The molecule has 0 N–H and O–H groups in total. The largest absolute Gasteiger partial charge is 0.265 e. The van der Waals surface area contributed by atoms with Gasteiger partial charge in [0.15, 0.2) is 0 Å². The van der Waals surface area contributed by atoms with Crippen LogP contribution in [0.25, 0.3) is 5.70 Å². The molecule has 12 heavy (non-hydrogen) atoms. The third-order valence-electron chi connectivity index (χ3n) is 1.83. The molecule has 1 rings (SSSR count). The number of rotatable bonds is 2. The van der Waals surface area contributed by atoms with Crippen LogP contribution < -0.4 is 0 Å². The van der Waals surface area contributed by atoms with Crippen LogP contribution in [0.5, 0.6) is 0 Å². The second-order valence-electron chi connectivity index (χ2n) is 2.69. The predicted octanol–water partition coefficient (Wildman–Crippen LogP) is 2.37. The van der Waals surface area contributed by atoms with Gasteiger partial charge in [0, 0.05) is 17.5 Å². The monoisotopic (exact) mass is 160 g/mol. The number of hydrogen-bond donors (Lipinski definition) is 0. The zero-order valence-corrected chi connectivity index (χ0v) is 7.46. The second kappa shape index (κ2) is 3.30. The highest BCUT2D eigenvalue weighted by atomic mass is 14.7. The van der Waals surface area contributed by atoms with E-state index in [2.05, 4.69) is 23.3 Å². The van der Waals surface area contributed by atoms with Gasteiger partial charge in [-0.25, -0.2) is 0 Å². The van der Waals surface area contributed by atoms with Crippen LogP contribution in [-0.2, 0) is 0 Å². The van der Waals surface area contributed by atoms with Crippen molar-refractivity contribution in [2.24, 2.45) is 4.99 Å². The second-order valence-corrected chi connectivity index (χ2v) is 2.69. The van der Waals surface area contributed by atoms with Crippen molar-refractivity contribution in [3.05, 3.63) is 35.7 Å². The molecule has 0 saturated heterocycles. The van der Waals surface area contributed by atoms with Crippen LogP contribution in [0.2, 0.25) is 0 Å². The molecule has 0 spiro atoms. The fraction of sp³-hybridized carbons (Fsp3) is 0.200. The minimum atomic E-state index is 0.693. The average Bonchev–Trinajstić information content (AvgIpc) is 2.03. The molecule has 1 heterocycles. The highest BCUT2D eigenvalue weighted by molar-refractivity contribution is 5.69. The van der Waals surface area contributed by atoms with Crippen LogP contribution >= 0.6 is 0 Å². The minimum Gasteiger partial charge on any atom is -0.265 e. The summed E-state index contributed by atoms with van der Waals surface area (Å²) in [7, 11) is 0. The van der Waals surface area contributed by atoms with E-state index in [1.54, 1.807) is 6.20 Å². The van der Waals surface area contributed by atoms with E-state index in [0.717, 1.165) is 16.8 Å². The van der Waals surface area contributed by atoms with Gasteiger partial charge >= 0.3 is 0 Å². The summed E-state index contributed by atoms with van der Waals surface area (Å²) in [6.07, 6.45) is 1.78. The Bertz CT molecular complexity index is 306. The van der Waals surface area contributed by atoms with Gasteiger partial charge in [-0.05, 0) is 32.2 Å². The number of nitrogens with zero attached hydrogens (tertiary/aromatic N) is 2. The van der Waals surface area contributed by atoms with Crippen molar-refractivity contribution in [1.82, 2.24) is 4.98 Å². The molecule has 0 radical (unpaired) electrons. The molecule has 62 valence electrons. The number of aromatic nitrogens is 1. The molecule has 0 aliphatic rings. The number of aliphatic imine (C=N–C) groups is 1. The molecular formula is C10H12N2. The van der Waals surface area contributed by atoms with Crippen molar-refractivity contribution >= 4 is 12.4 Å². The lowest BCUT2D eigenvalue weighted by Crippen LogP contribution is -1.92. The Hall–Kier alpha value is -1.44. The highest BCUT2D eigenvalue weighted by Gasteiger charge is 2.04. The summed E-state index contributed by atoms with van der Waals surface area (Å²) in [6, 6.07) is 1.94. The zero-order chi connectivity index (χ0) is 9.14. The maximum atomic E-state index is 4.16. The van der Waals surface area contributed by atoms with Gasteiger partial charge in [0.2, 0.25) is 0 Å². The third-order valence-corrected chi connectivity index (χ3v) is 1.83. The summed E-state index contributed by atoms with van der Waals surface area (Å²) in [6.45, 7) is 11.2. The van der Waals surface area contributed by atoms with Crippen molar-refractivity contribution < 1.29 is 0 Å². The van der Waals surface area contributed by atoms with E-state index in [1.165, 1.54) is 0 Å². The number of pyridine rings is 1. The van der Waals surface area contributed by atoms with Crippen LogP contribution in [0.15, 0.2) is 23.8 Å². The lowest BCUT2D eigenvalue weighted by molar-refractivity contribution is 1.15. The van der Waals surface area contributed by atoms with Crippen molar-refractivity contribution in [1.29, 1.82) is 0 Å². The third kappa shape index (κ3) is 1.42. The quantitative estimate of drug-likeness (QED) is 0.610. The molecule has 0 bridgehead atoms. The predicted molar refractivity (Wildman–Crippen MR) is 52.3 cm³/mol. The highest BCUT2D eigenvalue weighted by Crippen LogP contribution is 2.19. The minimum absolute atomic E-state index is 0.693. The van der Waals surface area contributed by atoms with Crippen LogP contribution in [0.3, 0.4) is 0 Å². The molecule has 0 atom stereocenters. The molecule has 2 heteroatoms. The molecule has 0 aliphatic carbocycles. The Morgan fingerprint density at radius 2 is 2.17 bits per heavy atom. The number of hydrogen-bond acceptors (Lipinski definition) is 2. The fourth-order valence-electron chi connectivity index (χ4n) is 1.21. The van der Waals surface area contributed by atoms with Crippen LogP contribution in [0, 0.1) is 13.8 Å². The lowest BCUT2D eigenvalue weighted by atomic mass is 10.1. The van der Waals surface area contributed by atoms with Gasteiger partial charge in [0.1, 0.15) is 0 Å². The van der Waals surface area contributed by atoms with E-state index in [9.17, 15) is 0 Å². The van der Waals surface area contributed by atoms with E-state index in [1.807, 2.05) is 19.9 Å². The summed E-state index contributed by atoms with van der Waals surface area (Å²) < 4.78 is 0. The SMILES string of the molecule is C=NC(=C)c1c(C)ccnc1C. The molecule has 0 amide bonds. The average molecular weight is 160 g/mol. The fourth-order valence-corrected chi connectivity index (χ4v) is 1.21. The van der Waals surface area contributed by atoms with Crippen LogP contribution in [0.4, 0.5) is 0 Å². The zero-order valence-electron chi connectivity index (χ0n) is 7.46. The van der Waals surface area contributed by atoms with Crippen molar-refractivity contribution in [3.63, 3.8) is 0 Å². The Balaban J connectivity index is 3.30. The first kappa shape index (κ1) is 8.65. The first-order valence-corrected chi connectivity index (χ1v) is 3.75. The standard InChI is InChI=1S/C10H12N2/c1-7-5-6-12-9(3)10(7)8(2)11-4/h5-6H,2,4H2,1,3H3. The van der Waals surface area contributed by atoms with E-state index in [4.69, 9.17) is 0 Å². The molecule has 1 aromatic heterocycles. The lowest BCUT2D eigenvalue weighted by Gasteiger charge is -2.06. The summed E-state index contributed by atoms with van der Waals surface area (Å²) in [5.74, 6) is 0. The van der Waals surface area contributed by atoms with Crippen LogP contribution in [-0.4, -0.2) is 11.7 Å². The first-order valence-electron chi connectivity index (χ1n) is 3.75. The Kier molecular flexibility index (Phi) is 2.38. The smallest absolute Gasteiger partial charge is 0.0643 e. The van der Waals surface area contributed by atoms with Gasteiger partial charge in [0.05, 0.1) is 5.70 Å². The van der Waals surface area contributed by atoms with Gasteiger partial charge in [-0.3, -0.25) is 9.98 Å². The molecule has 2 nitrogen and oxygen atoms in total. The Morgan fingerprint density at radius 1 is 1.50 bits per heavy atom. The summed E-state index contributed by atoms with van der Waals surface area (Å²) in [4.78, 5) is 7.96. The van der Waals surface area contributed by atoms with E-state index in [0.29, 0.717) is 5.70 Å². The maximum absolute atomic E-state index is 4.16. The van der Waals surface area contributed by atoms with Crippen LogP contribution in [0.1, 0.15) is 16.8 Å². The van der Waals surface area contributed by atoms with Gasteiger partial charge in [-0.1, -0.05) is 6.58 Å². The number of aryl methyl sites for hydroxylation is 2. The molecule has 0 fully saturated rings. The van der Waals surface area contributed by atoms with Crippen molar-refractivity contribution in [2.75, 3.05) is 0 Å². The van der Waals surface area contributed by atoms with Gasteiger partial charge in [0.25, 0.3) is 0 Å². The summed E-state index contributed by atoms with van der Waals surface area (Å²) in [5, 5.41) is 0. The van der Waals surface area contributed by atoms with Gasteiger partial charge in [-0.15, -0.1) is 0 Å². The summed E-state index contributed by atoms with van der Waals surface area (Å²) in [5.41, 5.74) is 3.79. The van der Waals surface area contributed by atoms with Gasteiger partial charge < -0.3 is 0 Å². The van der Waals surface area contributed by atoms with Crippen molar-refractivity contribution in [3.8, 4) is 0 Å². The summed E-state index contributed by atoms with van der Waals surface area (Å²) >= 11 is 0. The molecule has 0 aromatic carbocycles. The Labute approximate surface area is 72.7 Å². The van der Waals surface area contributed by atoms with Crippen molar-refractivity contribution in [2.45, 2.75) is 13.8 Å². The molecule has 0 aliphatic heterocycles. The van der Waals surface area contributed by atoms with E-state index >= 15 is 0 Å². The normalized spacial score (nSPS) is 9.50. The molecular weight excluding hydrogens is 148 g/mol. The van der Waals surface area contributed by atoms with E-state index < -0.39 is 0 Å². The molecule has 0 saturated carbocycles. The first-order chi connectivity index (χ1) is 5.66. The Morgan fingerprint density at radius 3 is 2.67 bits per heavy atom. The van der Waals surface area contributed by atoms with Gasteiger partial charge in [-0.2, -0.15) is 0 Å². The topological polar surface area (TPSA) is 25.2 Å².